The maximum atomic E-state index is 13.6. The van der Waals surface area contributed by atoms with Crippen molar-refractivity contribution in [2.75, 3.05) is 10.6 Å². The van der Waals surface area contributed by atoms with Gasteiger partial charge in [-0.1, -0.05) is 71.7 Å². The standard InChI is InChI=1S/C40H26Cl2N6O10S2/c41-31-20-34(44-40(52)30-18-22-6-2-4-8-28(22)36(38(30)50)48-46-24-11-15-26(16-12-24)60(56,57)58)32(42)19-33(31)43-39(51)29-17-21-5-1-3-7-27(21)35(37(29)49)47-45-23-9-13-25(14-10-23)59(53,54)55/h1-20,49-50H,(H,43,51)(H,44,52)(H,53,54,55)(H,56,57,58). The van der Waals surface area contributed by atoms with Crippen molar-refractivity contribution in [1.82, 2.24) is 0 Å². The zero-order chi connectivity index (χ0) is 42.9. The third kappa shape index (κ3) is 8.78. The van der Waals surface area contributed by atoms with Gasteiger partial charge in [0.05, 0.1) is 53.7 Å². The number of carbonyl (C=O) groups is 2. The molecule has 6 N–H and O–H groups in total. The molecule has 0 aromatic heterocycles. The summed E-state index contributed by atoms with van der Waals surface area (Å²) in [7, 11) is -8.87. The quantitative estimate of drug-likeness (QED) is 0.0559. The third-order valence-corrected chi connectivity index (χ3v) is 11.2. The average Bonchev–Trinajstić information content (AvgIpc) is 3.21. The van der Waals surface area contributed by atoms with Crippen LogP contribution in [0.3, 0.4) is 0 Å². The fourth-order valence-electron chi connectivity index (χ4n) is 5.89. The highest BCUT2D eigenvalue weighted by atomic mass is 35.5. The number of phenolic OH excluding ortho intramolecular Hbond substituents is 2. The number of hydrogen-bond acceptors (Lipinski definition) is 12. The number of carbonyl (C=O) groups excluding carboxylic acids is 2. The smallest absolute Gasteiger partial charge is 0.294 e. The molecule has 302 valence electrons. The van der Waals surface area contributed by atoms with Crippen molar-refractivity contribution >= 4 is 111 Å². The van der Waals surface area contributed by atoms with Gasteiger partial charge in [-0.2, -0.15) is 27.1 Å². The van der Waals surface area contributed by atoms with Crippen molar-refractivity contribution in [3.8, 4) is 11.5 Å². The van der Waals surface area contributed by atoms with E-state index in [0.717, 1.165) is 24.3 Å². The van der Waals surface area contributed by atoms with Gasteiger partial charge in [0.2, 0.25) is 0 Å². The summed E-state index contributed by atoms with van der Waals surface area (Å²) in [5, 5.41) is 45.9. The van der Waals surface area contributed by atoms with Crippen LogP contribution in [0.5, 0.6) is 11.5 Å². The van der Waals surface area contributed by atoms with Gasteiger partial charge in [-0.15, -0.1) is 10.2 Å². The van der Waals surface area contributed by atoms with E-state index < -0.39 is 43.5 Å². The highest BCUT2D eigenvalue weighted by Crippen LogP contribution is 2.42. The Kier molecular flexibility index (Phi) is 11.3. The molecule has 7 aromatic rings. The van der Waals surface area contributed by atoms with E-state index in [1.807, 2.05) is 0 Å². The Morgan fingerprint density at radius 3 is 1.20 bits per heavy atom. The fraction of sp³-hybridized carbons (Fsp3) is 0. The van der Waals surface area contributed by atoms with Crippen LogP contribution in [0, 0.1) is 0 Å². The average molecular weight is 886 g/mol. The molecule has 0 atom stereocenters. The molecule has 0 fully saturated rings. The van der Waals surface area contributed by atoms with Crippen LogP contribution in [0.2, 0.25) is 10.0 Å². The van der Waals surface area contributed by atoms with E-state index in [-0.39, 0.29) is 65.1 Å². The van der Waals surface area contributed by atoms with Crippen LogP contribution in [0.1, 0.15) is 20.7 Å². The number of fused-ring (bicyclic) bond motifs is 2. The van der Waals surface area contributed by atoms with E-state index in [0.29, 0.717) is 21.5 Å². The predicted molar refractivity (Wildman–Crippen MR) is 224 cm³/mol. The molecular formula is C40H26Cl2N6O10S2. The molecule has 7 rings (SSSR count). The lowest BCUT2D eigenvalue weighted by atomic mass is 10.0. The number of halogens is 2. The molecule has 0 heterocycles. The summed E-state index contributed by atoms with van der Waals surface area (Å²) in [4.78, 5) is 26.6. The van der Waals surface area contributed by atoms with E-state index in [9.17, 15) is 45.7 Å². The van der Waals surface area contributed by atoms with Gasteiger partial charge in [0.15, 0.2) is 11.5 Å². The first-order chi connectivity index (χ1) is 28.5. The minimum atomic E-state index is -4.44. The minimum absolute atomic E-state index is 0.000182. The van der Waals surface area contributed by atoms with Crippen LogP contribution < -0.4 is 10.6 Å². The number of nitrogens with one attached hydrogen (secondary N) is 2. The van der Waals surface area contributed by atoms with Gasteiger partial charge >= 0.3 is 0 Å². The van der Waals surface area contributed by atoms with E-state index in [1.54, 1.807) is 48.5 Å². The number of phenols is 2. The Hall–Kier alpha value is -6.80. The summed E-state index contributed by atoms with van der Waals surface area (Å²) < 4.78 is 64.1. The Morgan fingerprint density at radius 1 is 0.500 bits per heavy atom. The van der Waals surface area contributed by atoms with Crippen molar-refractivity contribution in [3.05, 3.63) is 142 Å². The number of rotatable bonds is 10. The van der Waals surface area contributed by atoms with Gasteiger partial charge in [0, 0.05) is 10.8 Å². The summed E-state index contributed by atoms with van der Waals surface area (Å²) in [6, 6.07) is 28.5. The number of azo groups is 2. The Labute approximate surface area is 350 Å². The van der Waals surface area contributed by atoms with Crippen molar-refractivity contribution in [1.29, 1.82) is 0 Å². The van der Waals surface area contributed by atoms with Crippen molar-refractivity contribution < 1.29 is 45.7 Å². The molecule has 2 amide bonds. The lowest BCUT2D eigenvalue weighted by Crippen LogP contribution is -2.14. The number of nitrogens with zero attached hydrogens (tertiary/aromatic N) is 4. The summed E-state index contributed by atoms with van der Waals surface area (Å²) >= 11 is 13.1. The van der Waals surface area contributed by atoms with Gasteiger partial charge in [0.1, 0.15) is 11.4 Å². The lowest BCUT2D eigenvalue weighted by molar-refractivity contribution is 0.101. The molecule has 0 aliphatic rings. The van der Waals surface area contributed by atoms with Crippen LogP contribution in [-0.4, -0.2) is 48.0 Å². The van der Waals surface area contributed by atoms with Crippen molar-refractivity contribution in [3.63, 3.8) is 0 Å². The van der Waals surface area contributed by atoms with E-state index in [2.05, 4.69) is 31.1 Å². The Balaban J connectivity index is 1.14. The Bertz CT molecular complexity index is 2970. The molecule has 0 unspecified atom stereocenters. The van der Waals surface area contributed by atoms with Crippen LogP contribution in [0.4, 0.5) is 34.1 Å². The van der Waals surface area contributed by atoms with Gasteiger partial charge < -0.3 is 20.8 Å². The number of benzene rings is 7. The first-order valence-corrected chi connectivity index (χ1v) is 20.7. The summed E-state index contributed by atoms with van der Waals surface area (Å²) in [5.74, 6) is -2.72. The lowest BCUT2D eigenvalue weighted by Gasteiger charge is -2.15. The number of amides is 2. The highest BCUT2D eigenvalue weighted by Gasteiger charge is 2.23. The summed E-state index contributed by atoms with van der Waals surface area (Å²) in [6.45, 7) is 0. The fourth-order valence-corrected chi connectivity index (χ4v) is 7.27. The second-order valence-electron chi connectivity index (χ2n) is 12.7. The predicted octanol–water partition coefficient (Wildman–Crippen LogP) is 10.5. The molecule has 0 spiro atoms. The number of hydrogen-bond donors (Lipinski definition) is 6. The molecule has 60 heavy (non-hydrogen) atoms. The molecule has 20 heteroatoms. The summed E-state index contributed by atoms with van der Waals surface area (Å²) in [5.41, 5.74) is -0.223. The zero-order valence-corrected chi connectivity index (χ0v) is 33.3. The molecule has 7 aromatic carbocycles. The molecule has 0 saturated heterocycles. The molecule has 0 saturated carbocycles. The maximum Gasteiger partial charge on any atom is 0.294 e. The van der Waals surface area contributed by atoms with Gasteiger partial charge in [-0.3, -0.25) is 18.7 Å². The molecule has 0 aliphatic heterocycles. The molecule has 0 bridgehead atoms. The van der Waals surface area contributed by atoms with Gasteiger partial charge in [0.25, 0.3) is 32.1 Å². The van der Waals surface area contributed by atoms with E-state index in [4.69, 9.17) is 23.2 Å². The van der Waals surface area contributed by atoms with Crippen LogP contribution in [0.15, 0.2) is 152 Å². The number of aromatic hydroxyl groups is 2. The topological polar surface area (TPSA) is 257 Å². The van der Waals surface area contributed by atoms with Crippen LogP contribution in [-0.2, 0) is 20.2 Å². The molecule has 16 nitrogen and oxygen atoms in total. The van der Waals surface area contributed by atoms with E-state index >= 15 is 0 Å². The second kappa shape index (κ2) is 16.5. The number of anilines is 2. The van der Waals surface area contributed by atoms with Gasteiger partial charge in [-0.05, 0) is 83.6 Å². The minimum Gasteiger partial charge on any atom is -0.505 e. The zero-order valence-electron chi connectivity index (χ0n) is 30.1. The SMILES string of the molecule is O=C(Nc1cc(Cl)c(NC(=O)c2cc3ccccc3c(N=Nc3ccc(S(=O)(=O)O)cc3)c2O)cc1Cl)c1cc2ccccc2c(N=Nc2ccc(S(=O)(=O)O)cc2)c1O. The van der Waals surface area contributed by atoms with Gasteiger partial charge in [-0.25, -0.2) is 0 Å². The van der Waals surface area contributed by atoms with Crippen LogP contribution in [0.25, 0.3) is 21.5 Å². The third-order valence-electron chi connectivity index (χ3n) is 8.83. The Morgan fingerprint density at radius 2 is 0.850 bits per heavy atom. The largest absolute Gasteiger partial charge is 0.505 e. The molecule has 0 aliphatic carbocycles. The maximum absolute atomic E-state index is 13.6. The second-order valence-corrected chi connectivity index (χ2v) is 16.4. The first-order valence-electron chi connectivity index (χ1n) is 17.1. The van der Waals surface area contributed by atoms with Crippen molar-refractivity contribution in [2.45, 2.75) is 9.79 Å². The first kappa shape index (κ1) is 41.4. The molecule has 0 radical (unpaired) electrons. The van der Waals surface area contributed by atoms with Crippen molar-refractivity contribution in [2.24, 2.45) is 20.5 Å². The normalized spacial score (nSPS) is 12.1. The highest BCUT2D eigenvalue weighted by molar-refractivity contribution is 7.86. The summed E-state index contributed by atoms with van der Waals surface area (Å²) in [6.07, 6.45) is 0. The monoisotopic (exact) mass is 884 g/mol. The van der Waals surface area contributed by atoms with E-state index in [1.165, 1.54) is 48.5 Å². The molecular weight excluding hydrogens is 860 g/mol. The van der Waals surface area contributed by atoms with Crippen LogP contribution >= 0.6 is 23.2 Å².